The minimum absolute atomic E-state index is 0.0497. The van der Waals surface area contributed by atoms with Gasteiger partial charge < -0.3 is 23.8 Å². The fourth-order valence-corrected chi connectivity index (χ4v) is 7.36. The van der Waals surface area contributed by atoms with Crippen molar-refractivity contribution in [3.8, 4) is 11.5 Å². The normalized spacial score (nSPS) is 37.4. The third-order valence-electron chi connectivity index (χ3n) is 6.95. The second kappa shape index (κ2) is 5.28. The van der Waals surface area contributed by atoms with Crippen molar-refractivity contribution in [1.29, 1.82) is 0 Å². The molecule has 1 spiro atoms. The Bertz CT molecular complexity index is 722. The predicted molar refractivity (Wildman–Crippen MR) is 96.5 cm³/mol. The molecule has 6 heteroatoms. The molecule has 1 aromatic rings. The fourth-order valence-electron chi connectivity index (χ4n) is 5.78. The third-order valence-corrected chi connectivity index (χ3v) is 8.43. The molecule has 25 heavy (non-hydrogen) atoms. The summed E-state index contributed by atoms with van der Waals surface area (Å²) in [6, 6.07) is 4.83. The molecule has 5 nitrogen and oxygen atoms in total. The number of rotatable bonds is 3. The van der Waals surface area contributed by atoms with E-state index in [9.17, 15) is 0 Å². The summed E-state index contributed by atoms with van der Waals surface area (Å²) in [6.45, 7) is 1.07. The Morgan fingerprint density at radius 2 is 2.04 bits per heavy atom. The topological polar surface area (TPSA) is 40.2 Å². The highest BCUT2D eigenvalue weighted by atomic mass is 32.2. The number of likely N-dealkylation sites (N-methyl/N-ethyl adjacent to an activating group) is 1. The van der Waals surface area contributed by atoms with E-state index in [1.54, 1.807) is 33.1 Å². The lowest BCUT2D eigenvalue weighted by Gasteiger charge is -2.60. The van der Waals surface area contributed by atoms with Crippen LogP contribution in [0, 0.1) is 5.92 Å². The average molecular weight is 363 g/mol. The number of thioether (sulfide) groups is 1. The number of hydrogen-bond acceptors (Lipinski definition) is 6. The van der Waals surface area contributed by atoms with Gasteiger partial charge in [0.25, 0.3) is 5.12 Å². The number of piperidine rings is 1. The third kappa shape index (κ3) is 1.77. The molecule has 0 amide bonds. The van der Waals surface area contributed by atoms with Crippen LogP contribution in [0.1, 0.15) is 17.5 Å². The molecule has 0 aromatic heterocycles. The van der Waals surface area contributed by atoms with Gasteiger partial charge in [-0.2, -0.15) is 0 Å². The van der Waals surface area contributed by atoms with Gasteiger partial charge in [-0.1, -0.05) is 17.8 Å². The lowest BCUT2D eigenvalue weighted by Crippen LogP contribution is -2.70. The molecule has 4 aliphatic rings. The minimum atomic E-state index is -0.768. The maximum Gasteiger partial charge on any atom is 0.257 e. The smallest absolute Gasteiger partial charge is 0.257 e. The SMILES string of the molecule is COc1ccc2c3c1O[C@@H]1C(OC)(OC)SCC4[C@H](C2)N(C)CC[C@]341. The summed E-state index contributed by atoms with van der Waals surface area (Å²) in [7, 11) is 7.44. The summed E-state index contributed by atoms with van der Waals surface area (Å²) in [6.07, 6.45) is 2.00. The van der Waals surface area contributed by atoms with Crippen LogP contribution in [0.4, 0.5) is 0 Å². The standard InChI is InChI=1S/C19H25NO4S/c1-20-8-7-18-12-10-25-19(22-3,23-4)17(18)24-16-14(21-2)6-5-11(15(16)18)9-13(12)20/h5-6,12-13,17H,7-10H2,1-4H3/t12?,13-,17-,18+/m0/s1. The van der Waals surface area contributed by atoms with Crippen LogP contribution in [-0.4, -0.2) is 62.8 Å². The molecule has 1 unspecified atom stereocenters. The monoisotopic (exact) mass is 363 g/mol. The maximum absolute atomic E-state index is 6.62. The molecule has 1 aromatic carbocycles. The van der Waals surface area contributed by atoms with Crippen molar-refractivity contribution in [3.63, 3.8) is 0 Å². The molecular formula is C19H25NO4S. The molecule has 3 aliphatic heterocycles. The zero-order valence-electron chi connectivity index (χ0n) is 15.2. The number of methoxy groups -OCH3 is 3. The summed E-state index contributed by atoms with van der Waals surface area (Å²) in [5, 5.41) is -0.768. The van der Waals surface area contributed by atoms with Crippen LogP contribution in [0.2, 0.25) is 0 Å². The van der Waals surface area contributed by atoms with E-state index in [-0.39, 0.29) is 11.5 Å². The Labute approximate surface area is 152 Å². The highest BCUT2D eigenvalue weighted by molar-refractivity contribution is 8.00. The summed E-state index contributed by atoms with van der Waals surface area (Å²) < 4.78 is 24.1. The molecule has 5 rings (SSSR count). The van der Waals surface area contributed by atoms with Crippen molar-refractivity contribution in [2.45, 2.75) is 35.5 Å². The molecule has 1 aliphatic carbocycles. The van der Waals surface area contributed by atoms with Gasteiger partial charge in [-0.15, -0.1) is 0 Å². The van der Waals surface area contributed by atoms with Gasteiger partial charge in [0.1, 0.15) is 0 Å². The van der Waals surface area contributed by atoms with Crippen molar-refractivity contribution in [2.24, 2.45) is 5.92 Å². The number of nitrogens with zero attached hydrogens (tertiary/aromatic N) is 1. The van der Waals surface area contributed by atoms with Crippen LogP contribution in [0.15, 0.2) is 12.1 Å². The van der Waals surface area contributed by atoms with E-state index in [1.165, 1.54) is 11.1 Å². The minimum Gasteiger partial charge on any atom is -0.493 e. The maximum atomic E-state index is 6.62. The molecule has 2 fully saturated rings. The van der Waals surface area contributed by atoms with Crippen molar-refractivity contribution in [2.75, 3.05) is 40.7 Å². The molecule has 0 N–H and O–H groups in total. The lowest BCUT2D eigenvalue weighted by molar-refractivity contribution is -0.214. The fraction of sp³-hybridized carbons (Fsp3) is 0.684. The molecule has 2 bridgehead atoms. The van der Waals surface area contributed by atoms with Crippen molar-refractivity contribution >= 4 is 11.8 Å². The van der Waals surface area contributed by atoms with Gasteiger partial charge in [0.15, 0.2) is 17.6 Å². The predicted octanol–water partition coefficient (Wildman–Crippen LogP) is 2.26. The Morgan fingerprint density at radius 3 is 2.76 bits per heavy atom. The van der Waals surface area contributed by atoms with Crippen LogP contribution < -0.4 is 9.47 Å². The number of benzene rings is 1. The Kier molecular flexibility index (Phi) is 3.43. The number of ether oxygens (including phenoxy) is 4. The zero-order valence-corrected chi connectivity index (χ0v) is 16.0. The van der Waals surface area contributed by atoms with Gasteiger partial charge in [0.2, 0.25) is 0 Å². The molecular weight excluding hydrogens is 338 g/mol. The zero-order chi connectivity index (χ0) is 17.4. The van der Waals surface area contributed by atoms with Gasteiger partial charge in [0.05, 0.1) is 7.11 Å². The van der Waals surface area contributed by atoms with Crippen LogP contribution >= 0.6 is 11.8 Å². The first-order valence-electron chi connectivity index (χ1n) is 8.93. The van der Waals surface area contributed by atoms with E-state index in [1.807, 2.05) is 6.07 Å². The average Bonchev–Trinajstić information content (AvgIpc) is 3.00. The van der Waals surface area contributed by atoms with Gasteiger partial charge in [0, 0.05) is 37.0 Å². The lowest BCUT2D eigenvalue weighted by atomic mass is 9.56. The van der Waals surface area contributed by atoms with Crippen LogP contribution in [-0.2, 0) is 21.3 Å². The summed E-state index contributed by atoms with van der Waals surface area (Å²) in [5.41, 5.74) is 2.72. The van der Waals surface area contributed by atoms with Gasteiger partial charge >= 0.3 is 0 Å². The number of likely N-dealkylation sites (tertiary alicyclic amines) is 1. The molecule has 0 radical (unpaired) electrons. The molecule has 4 atom stereocenters. The first-order valence-corrected chi connectivity index (χ1v) is 9.91. The number of hydrogen-bond donors (Lipinski definition) is 0. The highest BCUT2D eigenvalue weighted by Gasteiger charge is 2.70. The van der Waals surface area contributed by atoms with Gasteiger partial charge in [-0.3, -0.25) is 0 Å². The summed E-state index contributed by atoms with van der Waals surface area (Å²) in [4.78, 5) is 2.53. The van der Waals surface area contributed by atoms with Crippen LogP contribution in [0.25, 0.3) is 0 Å². The highest BCUT2D eigenvalue weighted by Crippen LogP contribution is 2.66. The van der Waals surface area contributed by atoms with E-state index in [2.05, 4.69) is 18.0 Å². The van der Waals surface area contributed by atoms with Gasteiger partial charge in [-0.25, -0.2) is 0 Å². The second-order valence-corrected chi connectivity index (χ2v) is 8.79. The van der Waals surface area contributed by atoms with Gasteiger partial charge in [-0.05, 0) is 44.0 Å². The van der Waals surface area contributed by atoms with E-state index >= 15 is 0 Å². The Hall–Kier alpha value is -0.950. The van der Waals surface area contributed by atoms with Crippen LogP contribution in [0.5, 0.6) is 11.5 Å². The van der Waals surface area contributed by atoms with Crippen molar-refractivity contribution in [3.05, 3.63) is 23.3 Å². The molecule has 136 valence electrons. The van der Waals surface area contributed by atoms with E-state index in [0.717, 1.165) is 36.6 Å². The van der Waals surface area contributed by atoms with E-state index in [4.69, 9.17) is 18.9 Å². The molecule has 0 saturated carbocycles. The van der Waals surface area contributed by atoms with Crippen molar-refractivity contribution < 1.29 is 18.9 Å². The Balaban J connectivity index is 1.78. The largest absolute Gasteiger partial charge is 0.493 e. The van der Waals surface area contributed by atoms with E-state index in [0.29, 0.717) is 12.0 Å². The Morgan fingerprint density at radius 1 is 1.24 bits per heavy atom. The summed E-state index contributed by atoms with van der Waals surface area (Å²) >= 11 is 1.75. The van der Waals surface area contributed by atoms with E-state index < -0.39 is 5.12 Å². The second-order valence-electron chi connectivity index (χ2n) is 7.60. The summed E-state index contributed by atoms with van der Waals surface area (Å²) in [5.74, 6) is 3.30. The molecule has 2 saturated heterocycles. The first-order chi connectivity index (χ1) is 12.1. The quantitative estimate of drug-likeness (QED) is 0.768. The first kappa shape index (κ1) is 16.2. The van der Waals surface area contributed by atoms with Crippen LogP contribution in [0.3, 0.4) is 0 Å². The molecule has 3 heterocycles. The van der Waals surface area contributed by atoms with Crippen molar-refractivity contribution in [1.82, 2.24) is 4.90 Å².